The van der Waals surface area contributed by atoms with Crippen molar-refractivity contribution >= 4 is 34.0 Å². The van der Waals surface area contributed by atoms with Crippen molar-refractivity contribution in [2.75, 3.05) is 0 Å². The van der Waals surface area contributed by atoms with Gasteiger partial charge in [-0.15, -0.1) is 0 Å². The van der Waals surface area contributed by atoms with Gasteiger partial charge in [-0.25, -0.2) is 4.98 Å². The zero-order valence-corrected chi connectivity index (χ0v) is 10.8. The molecule has 0 radical (unpaired) electrons. The maximum Gasteiger partial charge on any atom is 0.139 e. The maximum absolute atomic E-state index is 6.17. The summed E-state index contributed by atoms with van der Waals surface area (Å²) in [5.74, 6) is 0. The summed E-state index contributed by atoms with van der Waals surface area (Å²) in [4.78, 5) is 8.43. The minimum Gasteiger partial charge on any atom is -0.264 e. The molecule has 2 aromatic heterocycles. The lowest BCUT2D eigenvalue weighted by Gasteiger charge is -2.05. The van der Waals surface area contributed by atoms with Crippen molar-refractivity contribution < 1.29 is 0 Å². The minimum atomic E-state index is 0.463. The summed E-state index contributed by atoms with van der Waals surface area (Å²) in [6, 6.07) is 11.4. The van der Waals surface area contributed by atoms with Crippen LogP contribution in [0, 0.1) is 0 Å². The highest BCUT2D eigenvalue weighted by molar-refractivity contribution is 6.34. The molecule has 0 saturated heterocycles. The van der Waals surface area contributed by atoms with E-state index in [1.54, 1.807) is 12.4 Å². The van der Waals surface area contributed by atoms with Gasteiger partial charge in [0, 0.05) is 28.4 Å². The lowest BCUT2D eigenvalue weighted by Crippen LogP contribution is -1.87. The van der Waals surface area contributed by atoms with E-state index in [4.69, 9.17) is 23.2 Å². The van der Waals surface area contributed by atoms with E-state index in [-0.39, 0.29) is 0 Å². The van der Waals surface area contributed by atoms with Gasteiger partial charge in [-0.05, 0) is 29.7 Å². The van der Waals surface area contributed by atoms with Crippen LogP contribution < -0.4 is 0 Å². The van der Waals surface area contributed by atoms with E-state index in [0.717, 1.165) is 22.0 Å². The van der Waals surface area contributed by atoms with Crippen LogP contribution in [-0.4, -0.2) is 9.97 Å². The quantitative estimate of drug-likeness (QED) is 0.606. The van der Waals surface area contributed by atoms with Gasteiger partial charge < -0.3 is 0 Å². The molecule has 0 aliphatic rings. The van der Waals surface area contributed by atoms with Crippen molar-refractivity contribution in [3.63, 3.8) is 0 Å². The summed E-state index contributed by atoms with van der Waals surface area (Å²) in [5, 5.41) is 3.05. The summed E-state index contributed by atoms with van der Waals surface area (Å²) in [6.07, 6.45) is 3.46. The fourth-order valence-electron chi connectivity index (χ4n) is 1.82. The van der Waals surface area contributed by atoms with Gasteiger partial charge in [0.25, 0.3) is 0 Å². The largest absolute Gasteiger partial charge is 0.264 e. The van der Waals surface area contributed by atoms with Crippen LogP contribution in [0.1, 0.15) is 0 Å². The molecule has 0 spiro atoms. The highest BCUT2D eigenvalue weighted by Crippen LogP contribution is 2.27. The molecule has 0 saturated carbocycles. The monoisotopic (exact) mass is 274 g/mol. The Bertz CT molecular complexity index is 709. The van der Waals surface area contributed by atoms with E-state index in [1.165, 1.54) is 0 Å². The number of halogens is 2. The Labute approximate surface area is 114 Å². The maximum atomic E-state index is 6.17. The number of hydrogen-bond acceptors (Lipinski definition) is 2. The molecule has 0 aliphatic carbocycles. The Kier molecular flexibility index (Phi) is 2.90. The van der Waals surface area contributed by atoms with E-state index in [1.807, 2.05) is 36.4 Å². The van der Waals surface area contributed by atoms with Crippen molar-refractivity contribution in [3.05, 3.63) is 59.0 Å². The van der Waals surface area contributed by atoms with Crippen molar-refractivity contribution in [3.8, 4) is 11.3 Å². The molecule has 2 nitrogen and oxygen atoms in total. The van der Waals surface area contributed by atoms with Crippen LogP contribution in [0.4, 0.5) is 0 Å². The normalized spacial score (nSPS) is 10.8. The van der Waals surface area contributed by atoms with Crippen LogP contribution in [0.25, 0.3) is 22.0 Å². The molecular formula is C14H8Cl2N2. The Balaban J connectivity index is 2.21. The molecule has 0 N–H and O–H groups in total. The number of hydrogen-bond donors (Lipinski definition) is 0. The molecule has 18 heavy (non-hydrogen) atoms. The Hall–Kier alpha value is -1.64. The third-order valence-corrected chi connectivity index (χ3v) is 3.27. The summed E-state index contributed by atoms with van der Waals surface area (Å²) in [6.45, 7) is 0. The lowest BCUT2D eigenvalue weighted by atomic mass is 10.1. The van der Waals surface area contributed by atoms with Crippen molar-refractivity contribution in [2.24, 2.45) is 0 Å². The third kappa shape index (κ3) is 2.05. The molecule has 0 aliphatic heterocycles. The zero-order valence-electron chi connectivity index (χ0n) is 9.27. The predicted octanol–water partition coefficient (Wildman–Crippen LogP) is 4.60. The van der Waals surface area contributed by atoms with Crippen LogP contribution in [-0.2, 0) is 0 Å². The van der Waals surface area contributed by atoms with E-state index in [2.05, 4.69) is 9.97 Å². The first-order valence-electron chi connectivity index (χ1n) is 5.40. The first kappa shape index (κ1) is 11.5. The Morgan fingerprint density at radius 3 is 2.50 bits per heavy atom. The van der Waals surface area contributed by atoms with Gasteiger partial charge >= 0.3 is 0 Å². The van der Waals surface area contributed by atoms with Crippen LogP contribution in [0.3, 0.4) is 0 Å². The van der Waals surface area contributed by atoms with Crippen LogP contribution in [0.5, 0.6) is 0 Å². The summed E-state index contributed by atoms with van der Waals surface area (Å²) in [5.41, 5.74) is 1.82. The third-order valence-electron chi connectivity index (χ3n) is 2.73. The second-order valence-electron chi connectivity index (χ2n) is 3.90. The van der Waals surface area contributed by atoms with Crippen LogP contribution in [0.2, 0.25) is 10.2 Å². The first-order valence-corrected chi connectivity index (χ1v) is 6.16. The molecule has 0 amide bonds. The highest BCUT2D eigenvalue weighted by Gasteiger charge is 2.06. The molecule has 1 aromatic carbocycles. The standard InChI is InChI=1S/C14H8Cl2N2/c15-11-3-1-9(2-4-11)13-7-10-5-6-17-8-12(10)14(16)18-13/h1-8H. The van der Waals surface area contributed by atoms with Crippen LogP contribution in [0.15, 0.2) is 48.8 Å². The predicted molar refractivity (Wildman–Crippen MR) is 75.0 cm³/mol. The van der Waals surface area contributed by atoms with E-state index in [0.29, 0.717) is 10.2 Å². The summed E-state index contributed by atoms with van der Waals surface area (Å²) < 4.78 is 0. The molecule has 0 fully saturated rings. The van der Waals surface area contributed by atoms with Gasteiger partial charge in [-0.2, -0.15) is 0 Å². The molecular weight excluding hydrogens is 267 g/mol. The van der Waals surface area contributed by atoms with Crippen molar-refractivity contribution in [1.82, 2.24) is 9.97 Å². The van der Waals surface area contributed by atoms with Gasteiger partial charge in [0.1, 0.15) is 5.15 Å². The van der Waals surface area contributed by atoms with E-state index < -0.39 is 0 Å². The fourth-order valence-corrected chi connectivity index (χ4v) is 2.19. The highest BCUT2D eigenvalue weighted by atomic mass is 35.5. The van der Waals surface area contributed by atoms with E-state index in [9.17, 15) is 0 Å². The van der Waals surface area contributed by atoms with Gasteiger partial charge in [0.15, 0.2) is 0 Å². The molecule has 0 bridgehead atoms. The Morgan fingerprint density at radius 2 is 1.72 bits per heavy atom. The van der Waals surface area contributed by atoms with E-state index >= 15 is 0 Å². The second-order valence-corrected chi connectivity index (χ2v) is 4.70. The number of pyridine rings is 2. The van der Waals surface area contributed by atoms with Crippen molar-refractivity contribution in [2.45, 2.75) is 0 Å². The molecule has 2 heterocycles. The molecule has 3 aromatic rings. The second kappa shape index (κ2) is 4.56. The van der Waals surface area contributed by atoms with Crippen LogP contribution >= 0.6 is 23.2 Å². The average molecular weight is 275 g/mol. The van der Waals surface area contributed by atoms with Gasteiger partial charge in [0.05, 0.1) is 5.69 Å². The topological polar surface area (TPSA) is 25.8 Å². The number of benzene rings is 1. The number of nitrogens with zero attached hydrogens (tertiary/aromatic N) is 2. The lowest BCUT2D eigenvalue weighted by molar-refractivity contribution is 1.32. The summed E-state index contributed by atoms with van der Waals surface area (Å²) in [7, 11) is 0. The minimum absolute atomic E-state index is 0.463. The molecule has 4 heteroatoms. The first-order chi connectivity index (χ1) is 8.74. The molecule has 88 valence electrons. The SMILES string of the molecule is Clc1ccc(-c2cc3ccncc3c(Cl)n2)cc1. The molecule has 0 atom stereocenters. The summed E-state index contributed by atoms with van der Waals surface area (Å²) >= 11 is 12.0. The van der Waals surface area contributed by atoms with Crippen molar-refractivity contribution in [1.29, 1.82) is 0 Å². The van der Waals surface area contributed by atoms with Gasteiger partial charge in [-0.3, -0.25) is 4.98 Å². The number of aromatic nitrogens is 2. The Morgan fingerprint density at radius 1 is 0.944 bits per heavy atom. The smallest absolute Gasteiger partial charge is 0.139 e. The zero-order chi connectivity index (χ0) is 12.5. The molecule has 3 rings (SSSR count). The number of rotatable bonds is 1. The van der Waals surface area contributed by atoms with Gasteiger partial charge in [-0.1, -0.05) is 35.3 Å². The number of fused-ring (bicyclic) bond motifs is 1. The fraction of sp³-hybridized carbons (Fsp3) is 0. The van der Waals surface area contributed by atoms with Gasteiger partial charge in [0.2, 0.25) is 0 Å². The molecule has 0 unspecified atom stereocenters. The average Bonchev–Trinajstić information content (AvgIpc) is 2.39.